The molecule has 1 heterocycles. The highest BCUT2D eigenvalue weighted by molar-refractivity contribution is 6.02. The molecule has 0 aliphatic carbocycles. The molecule has 1 amide bonds. The summed E-state index contributed by atoms with van der Waals surface area (Å²) >= 11 is 0. The zero-order valence-electron chi connectivity index (χ0n) is 15.5. The number of hydrogen-bond donors (Lipinski definition) is 1. The van der Waals surface area contributed by atoms with E-state index in [1.54, 1.807) is 7.05 Å². The number of carbonyl (C=O) groups excluding carboxylic acids is 1. The van der Waals surface area contributed by atoms with Crippen LogP contribution in [0.1, 0.15) is 44.6 Å². The first kappa shape index (κ1) is 18.9. The van der Waals surface area contributed by atoms with Gasteiger partial charge in [0.25, 0.3) is 0 Å². The lowest BCUT2D eigenvalue weighted by Gasteiger charge is -2.32. The number of rotatable bonds is 4. The normalized spacial score (nSPS) is 18.8. The molecular weight excluding hydrogens is 312 g/mol. The summed E-state index contributed by atoms with van der Waals surface area (Å²) in [5.74, 6) is 0.981. The Balaban J connectivity index is 2.13. The van der Waals surface area contributed by atoms with E-state index in [1.807, 2.05) is 24.0 Å². The predicted octanol–water partition coefficient (Wildman–Crippen LogP) is 3.85. The summed E-state index contributed by atoms with van der Waals surface area (Å²) in [5.41, 5.74) is 3.24. The Morgan fingerprint density at radius 1 is 1.48 bits per heavy atom. The monoisotopic (exact) mass is 340 g/mol. The van der Waals surface area contributed by atoms with E-state index in [0.29, 0.717) is 11.9 Å². The van der Waals surface area contributed by atoms with E-state index < -0.39 is 0 Å². The average molecular weight is 340 g/mol. The van der Waals surface area contributed by atoms with Crippen molar-refractivity contribution in [1.82, 2.24) is 4.90 Å². The molecule has 5 heteroatoms. The average Bonchev–Trinajstić information content (AvgIpc) is 2.66. The molecule has 1 fully saturated rings. The number of anilines is 1. The summed E-state index contributed by atoms with van der Waals surface area (Å²) in [6.45, 7) is 9.23. The van der Waals surface area contributed by atoms with Crippen LogP contribution in [0, 0.1) is 0 Å². The minimum Gasteiger partial charge on any atom is -0.339 e. The number of guanidine groups is 1. The quantitative estimate of drug-likeness (QED) is 0.514. The maximum atomic E-state index is 11.9. The largest absolute Gasteiger partial charge is 0.339 e. The van der Waals surface area contributed by atoms with Gasteiger partial charge in [-0.25, -0.2) is 4.99 Å². The maximum absolute atomic E-state index is 11.9. The number of carbonyl (C=O) groups is 1. The topological polar surface area (TPSA) is 57.1 Å². The fourth-order valence-corrected chi connectivity index (χ4v) is 2.97. The minimum atomic E-state index is 0.0174. The Morgan fingerprint density at radius 3 is 2.96 bits per heavy atom. The van der Waals surface area contributed by atoms with Gasteiger partial charge in [-0.15, -0.1) is 0 Å². The lowest BCUT2D eigenvalue weighted by molar-refractivity contribution is -0.127. The van der Waals surface area contributed by atoms with Crippen LogP contribution in [0.25, 0.3) is 0 Å². The number of amides is 1. The molecule has 1 aliphatic rings. The predicted molar refractivity (Wildman–Crippen MR) is 106 cm³/mol. The van der Waals surface area contributed by atoms with Crippen LogP contribution in [-0.4, -0.2) is 42.6 Å². The zero-order valence-corrected chi connectivity index (χ0v) is 15.5. The second kappa shape index (κ2) is 9.16. The molecule has 134 valence electrons. The first-order valence-electron chi connectivity index (χ1n) is 8.86. The van der Waals surface area contributed by atoms with E-state index in [1.165, 1.54) is 11.6 Å². The molecule has 0 bridgehead atoms. The van der Waals surface area contributed by atoms with Crippen LogP contribution >= 0.6 is 0 Å². The standard InChI is InChI=1S/C20H28N4O/c1-5-15(3)22-20(21-4)23-18-11-7-9-16(13-18)17-10-8-12-24(14-17)19(25)6-2/h6-7,9,11,13,17H,2,5,8,10,12,14H2,1,3-4H3,(H,21,23)/b22-15-. The van der Waals surface area contributed by atoms with Crippen molar-refractivity contribution in [3.05, 3.63) is 42.5 Å². The van der Waals surface area contributed by atoms with Crippen molar-refractivity contribution in [2.75, 3.05) is 25.5 Å². The van der Waals surface area contributed by atoms with Gasteiger partial charge in [0.2, 0.25) is 11.9 Å². The first-order valence-corrected chi connectivity index (χ1v) is 8.86. The summed E-state index contributed by atoms with van der Waals surface area (Å²) in [5, 5.41) is 3.28. The number of nitrogens with one attached hydrogen (secondary N) is 1. The Morgan fingerprint density at radius 2 is 2.28 bits per heavy atom. The van der Waals surface area contributed by atoms with Crippen LogP contribution in [0.3, 0.4) is 0 Å². The van der Waals surface area contributed by atoms with Crippen molar-refractivity contribution >= 4 is 23.3 Å². The van der Waals surface area contributed by atoms with E-state index in [9.17, 15) is 4.79 Å². The third kappa shape index (κ3) is 5.28. The number of nitrogens with zero attached hydrogens (tertiary/aromatic N) is 3. The molecular formula is C20H28N4O. The van der Waals surface area contributed by atoms with Crippen molar-refractivity contribution in [2.24, 2.45) is 9.98 Å². The lowest BCUT2D eigenvalue weighted by Crippen LogP contribution is -2.38. The van der Waals surface area contributed by atoms with Gasteiger partial charge in [-0.2, -0.15) is 0 Å². The minimum absolute atomic E-state index is 0.0174. The Labute approximate surface area is 150 Å². The van der Waals surface area contributed by atoms with Crippen molar-refractivity contribution < 1.29 is 4.79 Å². The van der Waals surface area contributed by atoms with Crippen LogP contribution in [0.2, 0.25) is 0 Å². The van der Waals surface area contributed by atoms with Gasteiger partial charge in [-0.3, -0.25) is 9.79 Å². The Kier molecular flexibility index (Phi) is 6.92. The molecule has 1 aliphatic heterocycles. The van der Waals surface area contributed by atoms with Crippen molar-refractivity contribution in [3.63, 3.8) is 0 Å². The zero-order chi connectivity index (χ0) is 18.2. The van der Waals surface area contributed by atoms with Gasteiger partial charge in [-0.1, -0.05) is 25.6 Å². The van der Waals surface area contributed by atoms with Crippen molar-refractivity contribution in [2.45, 2.75) is 39.0 Å². The number of piperidine rings is 1. The van der Waals surface area contributed by atoms with Crippen LogP contribution in [-0.2, 0) is 4.79 Å². The SMILES string of the molecule is C=CC(=O)N1CCCC(c2cccc(NC(=NC)/N=C(/C)CC)c2)C1. The van der Waals surface area contributed by atoms with E-state index in [2.05, 4.69) is 40.9 Å². The van der Waals surface area contributed by atoms with Crippen LogP contribution in [0.5, 0.6) is 0 Å². The number of aliphatic imine (C=N–C) groups is 2. The van der Waals surface area contributed by atoms with Gasteiger partial charge in [0.15, 0.2) is 0 Å². The number of benzene rings is 1. The summed E-state index contributed by atoms with van der Waals surface area (Å²) in [4.78, 5) is 22.5. The van der Waals surface area contributed by atoms with Gasteiger partial charge in [0.05, 0.1) is 0 Å². The van der Waals surface area contributed by atoms with E-state index in [0.717, 1.165) is 43.8 Å². The molecule has 1 saturated heterocycles. The summed E-state index contributed by atoms with van der Waals surface area (Å²) in [6.07, 6.45) is 4.41. The molecule has 0 saturated carbocycles. The summed E-state index contributed by atoms with van der Waals surface area (Å²) in [7, 11) is 1.73. The smallest absolute Gasteiger partial charge is 0.245 e. The van der Waals surface area contributed by atoms with E-state index in [4.69, 9.17) is 0 Å². The Bertz CT molecular complexity index is 678. The highest BCUT2D eigenvalue weighted by Gasteiger charge is 2.23. The molecule has 1 unspecified atom stereocenters. The molecule has 1 aromatic carbocycles. The summed E-state index contributed by atoms with van der Waals surface area (Å²) < 4.78 is 0. The van der Waals surface area contributed by atoms with Gasteiger partial charge in [0, 0.05) is 37.5 Å². The second-order valence-corrected chi connectivity index (χ2v) is 6.33. The van der Waals surface area contributed by atoms with E-state index >= 15 is 0 Å². The van der Waals surface area contributed by atoms with Crippen LogP contribution in [0.4, 0.5) is 5.69 Å². The number of hydrogen-bond acceptors (Lipinski definition) is 2. The molecule has 0 aromatic heterocycles. The summed E-state index contributed by atoms with van der Waals surface area (Å²) in [6, 6.07) is 8.31. The molecule has 1 aromatic rings. The molecule has 25 heavy (non-hydrogen) atoms. The van der Waals surface area contributed by atoms with E-state index in [-0.39, 0.29) is 5.91 Å². The first-order chi connectivity index (χ1) is 12.1. The molecule has 0 radical (unpaired) electrons. The Hall–Kier alpha value is -2.43. The van der Waals surface area contributed by atoms with Gasteiger partial charge in [0.1, 0.15) is 0 Å². The third-order valence-corrected chi connectivity index (χ3v) is 4.54. The maximum Gasteiger partial charge on any atom is 0.245 e. The van der Waals surface area contributed by atoms with Gasteiger partial charge >= 0.3 is 0 Å². The fraction of sp³-hybridized carbons (Fsp3) is 0.450. The number of likely N-dealkylation sites (tertiary alicyclic amines) is 1. The van der Waals surface area contributed by atoms with Gasteiger partial charge in [-0.05, 0) is 50.0 Å². The van der Waals surface area contributed by atoms with Crippen LogP contribution < -0.4 is 5.32 Å². The van der Waals surface area contributed by atoms with Crippen molar-refractivity contribution in [1.29, 1.82) is 0 Å². The third-order valence-electron chi connectivity index (χ3n) is 4.54. The fourth-order valence-electron chi connectivity index (χ4n) is 2.97. The molecule has 1 N–H and O–H groups in total. The molecule has 1 atom stereocenters. The highest BCUT2D eigenvalue weighted by atomic mass is 16.2. The van der Waals surface area contributed by atoms with Crippen molar-refractivity contribution in [3.8, 4) is 0 Å². The molecule has 2 rings (SSSR count). The second-order valence-electron chi connectivity index (χ2n) is 6.33. The molecule has 0 spiro atoms. The highest BCUT2D eigenvalue weighted by Crippen LogP contribution is 2.28. The molecule has 5 nitrogen and oxygen atoms in total. The van der Waals surface area contributed by atoms with Gasteiger partial charge < -0.3 is 10.2 Å². The van der Waals surface area contributed by atoms with Crippen LogP contribution in [0.15, 0.2) is 46.9 Å². The lowest BCUT2D eigenvalue weighted by atomic mass is 9.90.